The number of ether oxygens (including phenoxy) is 2. The summed E-state index contributed by atoms with van der Waals surface area (Å²) in [5.74, 6) is 0.967. The van der Waals surface area contributed by atoms with Crippen LogP contribution in [0.15, 0.2) is 36.7 Å². The zero-order chi connectivity index (χ0) is 26.3. The number of benzene rings is 1. The molecule has 0 amide bonds. The van der Waals surface area contributed by atoms with E-state index in [9.17, 15) is 0 Å². The van der Waals surface area contributed by atoms with Crippen LogP contribution >= 0.6 is 8.53 Å². The number of fused-ring (bicyclic) bond motifs is 2. The summed E-state index contributed by atoms with van der Waals surface area (Å²) in [4.78, 5) is 13.6. The van der Waals surface area contributed by atoms with Crippen LogP contribution in [0.3, 0.4) is 0 Å². The van der Waals surface area contributed by atoms with Gasteiger partial charge in [-0.2, -0.15) is 10.2 Å². The van der Waals surface area contributed by atoms with Gasteiger partial charge < -0.3 is 18.5 Å². The molecule has 3 aromatic rings. The van der Waals surface area contributed by atoms with Gasteiger partial charge in [0.15, 0.2) is 11.2 Å². The molecular weight excluding hydrogens is 503 g/mol. The van der Waals surface area contributed by atoms with Crippen molar-refractivity contribution in [3.8, 4) is 11.9 Å². The summed E-state index contributed by atoms with van der Waals surface area (Å²) in [6, 6.07) is 12.9. The minimum atomic E-state index is -1.21. The van der Waals surface area contributed by atoms with E-state index in [1.165, 1.54) is 5.56 Å². The predicted molar refractivity (Wildman–Crippen MR) is 141 cm³/mol. The first-order valence-electron chi connectivity index (χ1n) is 13.4. The second-order valence-electron chi connectivity index (χ2n) is 10.2. The second kappa shape index (κ2) is 10.5. The minimum absolute atomic E-state index is 0.0672. The molecule has 1 aromatic carbocycles. The van der Waals surface area contributed by atoms with Crippen LogP contribution in [0, 0.1) is 18.3 Å². The molecule has 10 nitrogen and oxygen atoms in total. The van der Waals surface area contributed by atoms with Crippen LogP contribution in [0.5, 0.6) is 5.88 Å². The smallest absolute Gasteiger partial charge is 0.260 e. The lowest BCUT2D eigenvalue weighted by Crippen LogP contribution is -2.36. The highest BCUT2D eigenvalue weighted by Gasteiger charge is 2.56. The second-order valence-corrected chi connectivity index (χ2v) is 11.6. The standard InChI is InChI=1S/C27H33N6O4P/c1-4-20-21(36-38-33-14-8-12-22(33)27(3,37-38)19-10-6-5-7-11-19)16-23(35-20)32-17-29-24-25(32)30-18(2)31-26(24)34-15-9-13-28/h5-7,10-11,17,20-23H,4,8-9,12,14-16H2,1-3H3/t20-,21?,22-,23-,27+,38-/m1/s1. The first kappa shape index (κ1) is 25.6. The van der Waals surface area contributed by atoms with E-state index in [2.05, 4.69) is 63.8 Å². The minimum Gasteiger partial charge on any atom is -0.475 e. The van der Waals surface area contributed by atoms with Crippen LogP contribution in [-0.2, 0) is 19.4 Å². The van der Waals surface area contributed by atoms with Crippen LogP contribution in [0.4, 0.5) is 0 Å². The normalized spacial score (nSPS) is 31.1. The van der Waals surface area contributed by atoms with Gasteiger partial charge in [0.05, 0.1) is 37.1 Å². The Bertz CT molecular complexity index is 1330. The van der Waals surface area contributed by atoms with Gasteiger partial charge in [-0.25, -0.2) is 14.6 Å². The van der Waals surface area contributed by atoms with E-state index in [0.29, 0.717) is 35.3 Å². The van der Waals surface area contributed by atoms with E-state index in [1.807, 2.05) is 17.6 Å². The Hall–Kier alpha value is -2.67. The molecule has 11 heteroatoms. The third-order valence-corrected chi connectivity index (χ3v) is 9.64. The van der Waals surface area contributed by atoms with Crippen molar-refractivity contribution < 1.29 is 18.5 Å². The fraction of sp³-hybridized carbons (Fsp3) is 0.556. The van der Waals surface area contributed by atoms with Crippen LogP contribution in [-0.4, -0.2) is 55.6 Å². The lowest BCUT2D eigenvalue weighted by Gasteiger charge is -2.29. The van der Waals surface area contributed by atoms with Crippen molar-refractivity contribution in [2.24, 2.45) is 0 Å². The van der Waals surface area contributed by atoms with E-state index < -0.39 is 8.53 Å². The number of imidazole rings is 1. The molecule has 38 heavy (non-hydrogen) atoms. The molecule has 0 bridgehead atoms. The van der Waals surface area contributed by atoms with Crippen LogP contribution in [0.25, 0.3) is 11.2 Å². The first-order valence-corrected chi connectivity index (χ1v) is 14.5. The van der Waals surface area contributed by atoms with Crippen molar-refractivity contribution in [1.82, 2.24) is 24.2 Å². The van der Waals surface area contributed by atoms with E-state index in [1.54, 1.807) is 6.33 Å². The van der Waals surface area contributed by atoms with Gasteiger partial charge in [0, 0.05) is 13.0 Å². The first-order chi connectivity index (χ1) is 18.5. The SMILES string of the molecule is CC[C@H]1O[C@@H](n2cnc3c(OCCC#N)nc(C)nc32)CC1O[P@]1O[C@@](C)(c2ccccc2)[C@H]2CCCN21. The van der Waals surface area contributed by atoms with Crippen molar-refractivity contribution in [1.29, 1.82) is 5.26 Å². The summed E-state index contributed by atoms with van der Waals surface area (Å²) in [5, 5.41) is 8.85. The van der Waals surface area contributed by atoms with Crippen molar-refractivity contribution in [3.63, 3.8) is 0 Å². The zero-order valence-corrected chi connectivity index (χ0v) is 22.9. The summed E-state index contributed by atoms with van der Waals surface area (Å²) >= 11 is 0. The Morgan fingerprint density at radius 1 is 1.26 bits per heavy atom. The number of aromatic nitrogens is 4. The molecular formula is C27H33N6O4P. The molecule has 6 rings (SSSR count). The van der Waals surface area contributed by atoms with Gasteiger partial charge in [0.1, 0.15) is 24.3 Å². The highest BCUT2D eigenvalue weighted by molar-refractivity contribution is 7.45. The number of aryl methyl sites for hydroxylation is 1. The Balaban J connectivity index is 1.22. The maximum atomic E-state index is 8.85. The third kappa shape index (κ3) is 4.47. The van der Waals surface area contributed by atoms with Gasteiger partial charge in [-0.15, -0.1) is 0 Å². The molecule has 0 spiro atoms. The van der Waals surface area contributed by atoms with Gasteiger partial charge in [-0.1, -0.05) is 37.3 Å². The third-order valence-electron chi connectivity index (χ3n) is 7.76. The molecule has 0 radical (unpaired) electrons. The molecule has 3 aliphatic heterocycles. The summed E-state index contributed by atoms with van der Waals surface area (Å²) in [6.07, 6.45) is 5.31. The molecule has 0 aliphatic carbocycles. The number of hydrogen-bond donors (Lipinski definition) is 0. The summed E-state index contributed by atoms with van der Waals surface area (Å²) in [7, 11) is -1.21. The van der Waals surface area contributed by atoms with E-state index >= 15 is 0 Å². The van der Waals surface area contributed by atoms with Crippen LogP contribution in [0.1, 0.15) is 63.6 Å². The molecule has 0 saturated carbocycles. The van der Waals surface area contributed by atoms with Crippen molar-refractivity contribution in [3.05, 3.63) is 48.0 Å². The fourth-order valence-electron chi connectivity index (χ4n) is 5.84. The van der Waals surface area contributed by atoms with Crippen molar-refractivity contribution >= 4 is 19.7 Å². The molecule has 200 valence electrons. The average Bonchev–Trinajstić information content (AvgIpc) is 3.70. The highest BCUT2D eigenvalue weighted by atomic mass is 31.2. The average molecular weight is 537 g/mol. The van der Waals surface area contributed by atoms with Gasteiger partial charge >= 0.3 is 0 Å². The topological polar surface area (TPSA) is 108 Å². The van der Waals surface area contributed by atoms with Crippen LogP contribution < -0.4 is 4.74 Å². The number of hydrogen-bond acceptors (Lipinski definition) is 9. The van der Waals surface area contributed by atoms with Crippen molar-refractivity contribution in [2.45, 2.75) is 83.0 Å². The predicted octanol–water partition coefficient (Wildman–Crippen LogP) is 5.15. The number of nitrogens with zero attached hydrogens (tertiary/aromatic N) is 6. The Labute approximate surface area is 223 Å². The van der Waals surface area contributed by atoms with Gasteiger partial charge in [-0.05, 0) is 38.7 Å². The number of nitriles is 1. The largest absolute Gasteiger partial charge is 0.475 e. The molecule has 6 atom stereocenters. The van der Waals surface area contributed by atoms with E-state index in [-0.39, 0.29) is 37.1 Å². The maximum Gasteiger partial charge on any atom is 0.260 e. The maximum absolute atomic E-state index is 8.85. The van der Waals surface area contributed by atoms with Crippen LogP contribution in [0.2, 0.25) is 0 Å². The summed E-state index contributed by atoms with van der Waals surface area (Å²) in [6.45, 7) is 7.40. The summed E-state index contributed by atoms with van der Waals surface area (Å²) < 4.78 is 30.2. The van der Waals surface area contributed by atoms with Gasteiger partial charge in [0.25, 0.3) is 8.53 Å². The lowest BCUT2D eigenvalue weighted by molar-refractivity contribution is -0.0163. The lowest BCUT2D eigenvalue weighted by atomic mass is 9.87. The molecule has 2 aromatic heterocycles. The molecule has 5 heterocycles. The molecule has 3 fully saturated rings. The fourth-order valence-corrected chi connectivity index (χ4v) is 7.98. The Kier molecular flexibility index (Phi) is 7.06. The Morgan fingerprint density at radius 2 is 2.11 bits per heavy atom. The molecule has 0 N–H and O–H groups in total. The molecule has 1 unspecified atom stereocenters. The molecule has 3 saturated heterocycles. The Morgan fingerprint density at radius 3 is 2.89 bits per heavy atom. The van der Waals surface area contributed by atoms with E-state index in [0.717, 1.165) is 25.8 Å². The van der Waals surface area contributed by atoms with Crippen molar-refractivity contribution in [2.75, 3.05) is 13.2 Å². The number of rotatable bonds is 8. The monoisotopic (exact) mass is 536 g/mol. The van der Waals surface area contributed by atoms with Gasteiger partial charge in [-0.3, -0.25) is 4.57 Å². The van der Waals surface area contributed by atoms with E-state index in [4.69, 9.17) is 23.8 Å². The highest BCUT2D eigenvalue weighted by Crippen LogP contribution is 2.64. The molecule has 3 aliphatic rings. The quantitative estimate of drug-likeness (QED) is 0.285. The zero-order valence-electron chi connectivity index (χ0n) is 22.0. The summed E-state index contributed by atoms with van der Waals surface area (Å²) in [5.41, 5.74) is 2.03. The van der Waals surface area contributed by atoms with Gasteiger partial charge in [0.2, 0.25) is 5.88 Å².